The Morgan fingerprint density at radius 1 is 1.12 bits per heavy atom. The number of nitrogens with one attached hydrogen (secondary N) is 3. The van der Waals surface area contributed by atoms with Crippen molar-refractivity contribution in [1.29, 1.82) is 0 Å². The lowest BCUT2D eigenvalue weighted by Crippen LogP contribution is -2.37. The zero-order valence-corrected chi connectivity index (χ0v) is 14.1. The first kappa shape index (κ1) is 17.2. The van der Waals surface area contributed by atoms with Crippen molar-refractivity contribution in [2.45, 2.75) is 25.7 Å². The van der Waals surface area contributed by atoms with Crippen molar-refractivity contribution in [2.24, 2.45) is 0 Å². The van der Waals surface area contributed by atoms with Crippen molar-refractivity contribution in [2.75, 3.05) is 25.0 Å². The van der Waals surface area contributed by atoms with Crippen LogP contribution in [0.15, 0.2) is 36.4 Å². The van der Waals surface area contributed by atoms with E-state index in [1.165, 1.54) is 11.6 Å². The molecule has 2 aromatic rings. The summed E-state index contributed by atoms with van der Waals surface area (Å²) in [4.78, 5) is 16.4. The Labute approximate surface area is 147 Å². The Kier molecular flexibility index (Phi) is 5.82. The minimum atomic E-state index is -0.243. The van der Waals surface area contributed by atoms with E-state index >= 15 is 0 Å². The van der Waals surface area contributed by atoms with Gasteiger partial charge in [0.1, 0.15) is 11.6 Å². The van der Waals surface area contributed by atoms with E-state index in [9.17, 15) is 9.18 Å². The van der Waals surface area contributed by atoms with Crippen LogP contribution in [0.25, 0.3) is 0 Å². The summed E-state index contributed by atoms with van der Waals surface area (Å²) in [5, 5.41) is 8.86. The third-order valence-electron chi connectivity index (χ3n) is 4.26. The molecule has 0 atom stereocenters. The molecule has 3 N–H and O–H groups in total. The van der Waals surface area contributed by atoms with E-state index in [0.29, 0.717) is 31.5 Å². The number of hydrogen-bond donors (Lipinski definition) is 3. The first-order chi connectivity index (χ1) is 12.2. The lowest BCUT2D eigenvalue weighted by molar-refractivity contribution is 0.241. The minimum absolute atomic E-state index is 0.239. The average molecular weight is 342 g/mol. The number of benzene rings is 1. The summed E-state index contributed by atoms with van der Waals surface area (Å²) in [6, 6.07) is 10.5. The van der Waals surface area contributed by atoms with Crippen molar-refractivity contribution in [1.82, 2.24) is 15.6 Å². The molecular formula is C19H23FN4O. The van der Waals surface area contributed by atoms with Gasteiger partial charge in [0.2, 0.25) is 0 Å². The van der Waals surface area contributed by atoms with Crippen LogP contribution in [0.5, 0.6) is 0 Å². The number of halogens is 1. The first-order valence-corrected chi connectivity index (χ1v) is 8.70. The van der Waals surface area contributed by atoms with E-state index in [-0.39, 0.29) is 11.8 Å². The summed E-state index contributed by atoms with van der Waals surface area (Å²) in [7, 11) is 0. The van der Waals surface area contributed by atoms with E-state index in [0.717, 1.165) is 30.9 Å². The van der Waals surface area contributed by atoms with Crippen LogP contribution in [0.1, 0.15) is 23.2 Å². The summed E-state index contributed by atoms with van der Waals surface area (Å²) in [6.07, 6.45) is 3.36. The Morgan fingerprint density at radius 3 is 2.76 bits per heavy atom. The highest BCUT2D eigenvalue weighted by atomic mass is 19.1. The van der Waals surface area contributed by atoms with Gasteiger partial charge < -0.3 is 16.0 Å². The zero-order valence-electron chi connectivity index (χ0n) is 14.1. The number of carbonyl (C=O) groups is 1. The highest BCUT2D eigenvalue weighted by Gasteiger charge is 2.10. The van der Waals surface area contributed by atoms with E-state index in [1.807, 2.05) is 6.07 Å². The molecule has 0 fully saturated rings. The van der Waals surface area contributed by atoms with Gasteiger partial charge in [0.15, 0.2) is 0 Å². The maximum atomic E-state index is 13.5. The van der Waals surface area contributed by atoms with Crippen LogP contribution in [0.2, 0.25) is 0 Å². The third-order valence-corrected chi connectivity index (χ3v) is 4.26. The largest absolute Gasteiger partial charge is 0.370 e. The zero-order chi connectivity index (χ0) is 17.5. The van der Waals surface area contributed by atoms with Crippen LogP contribution in [-0.4, -0.2) is 30.6 Å². The fourth-order valence-electron chi connectivity index (χ4n) is 2.89. The smallest absolute Gasteiger partial charge is 0.314 e. The van der Waals surface area contributed by atoms with Gasteiger partial charge in [-0.15, -0.1) is 0 Å². The minimum Gasteiger partial charge on any atom is -0.370 e. The lowest BCUT2D eigenvalue weighted by Gasteiger charge is -2.17. The van der Waals surface area contributed by atoms with Crippen LogP contribution < -0.4 is 16.0 Å². The van der Waals surface area contributed by atoms with Gasteiger partial charge in [-0.3, -0.25) is 0 Å². The van der Waals surface area contributed by atoms with Crippen molar-refractivity contribution in [3.8, 4) is 0 Å². The predicted molar refractivity (Wildman–Crippen MR) is 96.3 cm³/mol. The molecule has 0 unspecified atom stereocenters. The molecule has 5 nitrogen and oxygen atoms in total. The highest BCUT2D eigenvalue weighted by molar-refractivity contribution is 5.73. The highest BCUT2D eigenvalue weighted by Crippen LogP contribution is 2.19. The van der Waals surface area contributed by atoms with Crippen LogP contribution in [0.3, 0.4) is 0 Å². The fourth-order valence-corrected chi connectivity index (χ4v) is 2.89. The van der Waals surface area contributed by atoms with Gasteiger partial charge in [0.05, 0.1) is 0 Å². The molecule has 0 aliphatic carbocycles. The second kappa shape index (κ2) is 8.46. The summed E-state index contributed by atoms with van der Waals surface area (Å²) < 4.78 is 13.5. The first-order valence-electron chi connectivity index (χ1n) is 8.70. The Hall–Kier alpha value is -2.63. The molecule has 1 aromatic heterocycles. The average Bonchev–Trinajstić information content (AvgIpc) is 2.63. The summed E-state index contributed by atoms with van der Waals surface area (Å²) in [5.41, 5.74) is 2.82. The summed E-state index contributed by atoms with van der Waals surface area (Å²) in [6.45, 7) is 1.87. The van der Waals surface area contributed by atoms with Crippen molar-refractivity contribution in [3.63, 3.8) is 0 Å². The van der Waals surface area contributed by atoms with Gasteiger partial charge in [0, 0.05) is 31.7 Å². The number of anilines is 1. The molecule has 1 aromatic carbocycles. The monoisotopic (exact) mass is 342 g/mol. The quantitative estimate of drug-likeness (QED) is 0.756. The maximum absolute atomic E-state index is 13.5. The van der Waals surface area contributed by atoms with Gasteiger partial charge in [-0.1, -0.05) is 24.3 Å². The molecule has 2 heterocycles. The number of hydrogen-bond acceptors (Lipinski definition) is 3. The molecule has 3 rings (SSSR count). The molecule has 1 aliphatic rings. The molecule has 0 bridgehead atoms. The number of rotatable bonds is 6. The molecule has 0 saturated carbocycles. The standard InChI is InChI=1S/C19H23FN4O/c20-17-6-2-1-4-14(17)9-12-22-19(25)23-13-10-16-8-7-15-5-3-11-21-18(15)24-16/h1-2,4,6-8H,3,5,9-13H2,(H,21,24)(H2,22,23,25). The van der Waals surface area contributed by atoms with Gasteiger partial charge >= 0.3 is 6.03 Å². The number of fused-ring (bicyclic) bond motifs is 1. The molecule has 0 saturated heterocycles. The maximum Gasteiger partial charge on any atom is 0.314 e. The van der Waals surface area contributed by atoms with E-state index in [1.54, 1.807) is 18.2 Å². The molecular weight excluding hydrogens is 319 g/mol. The number of aromatic nitrogens is 1. The molecule has 0 radical (unpaired) electrons. The van der Waals surface area contributed by atoms with Crippen LogP contribution in [0, 0.1) is 5.82 Å². The lowest BCUT2D eigenvalue weighted by atomic mass is 10.1. The van der Waals surface area contributed by atoms with Gasteiger partial charge in [-0.2, -0.15) is 0 Å². The second-order valence-electron chi connectivity index (χ2n) is 6.11. The number of pyridine rings is 1. The van der Waals surface area contributed by atoms with E-state index in [4.69, 9.17) is 0 Å². The predicted octanol–water partition coefficient (Wildman–Crippen LogP) is 2.66. The third kappa shape index (κ3) is 4.92. The topological polar surface area (TPSA) is 66.0 Å². The number of aryl methyl sites for hydroxylation is 1. The van der Waals surface area contributed by atoms with E-state index in [2.05, 4.69) is 27.0 Å². The van der Waals surface area contributed by atoms with Gasteiger partial charge in [0.25, 0.3) is 0 Å². The van der Waals surface area contributed by atoms with Crippen molar-refractivity contribution in [3.05, 3.63) is 59.0 Å². The van der Waals surface area contributed by atoms with Crippen LogP contribution >= 0.6 is 0 Å². The Bertz CT molecular complexity index is 735. The van der Waals surface area contributed by atoms with Crippen molar-refractivity contribution >= 4 is 11.8 Å². The molecule has 25 heavy (non-hydrogen) atoms. The van der Waals surface area contributed by atoms with Gasteiger partial charge in [-0.05, 0) is 42.5 Å². The summed E-state index contributed by atoms with van der Waals surface area (Å²) >= 11 is 0. The Morgan fingerprint density at radius 2 is 1.92 bits per heavy atom. The summed E-state index contributed by atoms with van der Waals surface area (Å²) in [5.74, 6) is 0.731. The normalized spacial score (nSPS) is 12.8. The Balaban J connectivity index is 1.37. The second-order valence-corrected chi connectivity index (χ2v) is 6.11. The molecule has 132 valence electrons. The molecule has 2 amide bonds. The molecule has 1 aliphatic heterocycles. The van der Waals surface area contributed by atoms with Crippen molar-refractivity contribution < 1.29 is 9.18 Å². The van der Waals surface area contributed by atoms with E-state index < -0.39 is 0 Å². The van der Waals surface area contributed by atoms with Crippen LogP contribution in [-0.2, 0) is 19.3 Å². The SMILES string of the molecule is O=C(NCCc1ccc2c(n1)NCCC2)NCCc1ccccc1F. The van der Waals surface area contributed by atoms with Gasteiger partial charge in [-0.25, -0.2) is 14.2 Å². The fraction of sp³-hybridized carbons (Fsp3) is 0.368. The number of urea groups is 1. The number of carbonyl (C=O) groups excluding carboxylic acids is 1. The molecule has 0 spiro atoms. The number of amides is 2. The number of nitrogens with zero attached hydrogens (tertiary/aromatic N) is 1. The molecule has 6 heteroatoms. The van der Waals surface area contributed by atoms with Crippen LogP contribution in [0.4, 0.5) is 15.0 Å².